The maximum Gasteiger partial charge on any atom is 0.186 e. The summed E-state index contributed by atoms with van der Waals surface area (Å²) in [6.07, 6.45) is 11.4. The molecule has 2 saturated carbocycles. The van der Waals surface area contributed by atoms with Crippen molar-refractivity contribution in [3.8, 4) is 0 Å². The molecule has 0 aromatic carbocycles. The number of hydrogen-bond acceptors (Lipinski definition) is 6. The molecule has 5 rings (SSSR count). The van der Waals surface area contributed by atoms with Crippen LogP contribution in [0.3, 0.4) is 0 Å². The second kappa shape index (κ2) is 11.6. The van der Waals surface area contributed by atoms with Gasteiger partial charge >= 0.3 is 0 Å². The highest BCUT2D eigenvalue weighted by Crippen LogP contribution is 2.65. The predicted molar refractivity (Wildman–Crippen MR) is 156 cm³/mol. The summed E-state index contributed by atoms with van der Waals surface area (Å²) in [4.78, 5) is 0. The van der Waals surface area contributed by atoms with Gasteiger partial charge in [0.15, 0.2) is 6.29 Å². The van der Waals surface area contributed by atoms with E-state index in [0.717, 1.165) is 32.1 Å². The van der Waals surface area contributed by atoms with E-state index in [0.29, 0.717) is 40.9 Å². The van der Waals surface area contributed by atoms with Gasteiger partial charge in [0.1, 0.15) is 24.4 Å². The van der Waals surface area contributed by atoms with E-state index in [1.807, 2.05) is 0 Å². The van der Waals surface area contributed by atoms with Gasteiger partial charge < -0.3 is 29.9 Å². The van der Waals surface area contributed by atoms with E-state index in [-0.39, 0.29) is 11.5 Å². The summed E-state index contributed by atoms with van der Waals surface area (Å²) in [5, 5.41) is 40.3. The first-order valence-corrected chi connectivity index (χ1v) is 16.0. The number of ether oxygens (including phenoxy) is 2. The zero-order valence-electron chi connectivity index (χ0n) is 25.5. The first-order chi connectivity index (χ1) is 18.9. The molecule has 226 valence electrons. The lowest BCUT2D eigenvalue weighted by Gasteiger charge is -2.54. The summed E-state index contributed by atoms with van der Waals surface area (Å²) in [5.74, 6) is 3.68. The second-order valence-corrected chi connectivity index (χ2v) is 14.7. The molecule has 4 N–H and O–H groups in total. The first-order valence-electron chi connectivity index (χ1n) is 16.0. The molecule has 1 aliphatic heterocycles. The largest absolute Gasteiger partial charge is 0.394 e. The Labute approximate surface area is 241 Å². The smallest absolute Gasteiger partial charge is 0.186 e. The number of fused-ring (bicyclic) bond motifs is 5. The number of allylic oxidation sites excluding steroid dienone is 6. The molecule has 0 spiro atoms. The number of aliphatic hydroxyl groups is 4. The monoisotopic (exact) mass is 558 g/mol. The Hall–Kier alpha value is -1.02. The van der Waals surface area contributed by atoms with Crippen molar-refractivity contribution < 1.29 is 29.9 Å². The highest BCUT2D eigenvalue weighted by Gasteiger charge is 2.55. The molecule has 40 heavy (non-hydrogen) atoms. The lowest BCUT2D eigenvalue weighted by Crippen LogP contribution is -2.60. The lowest BCUT2D eigenvalue weighted by atomic mass is 9.51. The van der Waals surface area contributed by atoms with E-state index >= 15 is 0 Å². The van der Waals surface area contributed by atoms with E-state index in [9.17, 15) is 20.4 Å². The van der Waals surface area contributed by atoms with Crippen molar-refractivity contribution in [1.82, 2.24) is 0 Å². The summed E-state index contributed by atoms with van der Waals surface area (Å²) in [6.45, 7) is 13.9. The molecule has 1 heterocycles. The van der Waals surface area contributed by atoms with Gasteiger partial charge in [0, 0.05) is 0 Å². The van der Waals surface area contributed by atoms with Gasteiger partial charge in [-0.05, 0) is 102 Å². The molecule has 1 saturated heterocycles. The quantitative estimate of drug-likeness (QED) is 0.323. The molecule has 6 nitrogen and oxygen atoms in total. The Balaban J connectivity index is 1.28. The van der Waals surface area contributed by atoms with Crippen molar-refractivity contribution in [2.24, 2.45) is 46.3 Å². The Bertz CT molecular complexity index is 1000. The van der Waals surface area contributed by atoms with Crippen molar-refractivity contribution in [2.45, 2.75) is 123 Å². The fourth-order valence-corrected chi connectivity index (χ4v) is 8.91. The molecule has 0 bridgehead atoms. The van der Waals surface area contributed by atoms with E-state index < -0.39 is 37.3 Å². The number of hydrogen-bond donors (Lipinski definition) is 4. The molecule has 0 aromatic heterocycles. The summed E-state index contributed by atoms with van der Waals surface area (Å²) in [5.41, 5.74) is 3.63. The third-order valence-electron chi connectivity index (χ3n) is 12.1. The van der Waals surface area contributed by atoms with Crippen LogP contribution in [-0.4, -0.2) is 63.8 Å². The fraction of sp³-hybridized carbons (Fsp3) is 0.824. The topological polar surface area (TPSA) is 99.4 Å². The average molecular weight is 559 g/mol. The molecular formula is C34H54O6. The average Bonchev–Trinajstić information content (AvgIpc) is 3.29. The SMILES string of the molecule is CC(C)[C@@H](C)/C=C/[C@@H](C)C1CCC2C3=CCC4C[C@@H](O[C@@H]5O[C@H](CO)[C@@H](O)[C@H](O)[C@H]5O)CC[C@]4(C)C3=CC[C@@]21C. The van der Waals surface area contributed by atoms with Gasteiger partial charge in [-0.3, -0.25) is 0 Å². The third-order valence-corrected chi connectivity index (χ3v) is 12.1. The molecule has 5 aliphatic rings. The minimum Gasteiger partial charge on any atom is -0.394 e. The fourth-order valence-electron chi connectivity index (χ4n) is 8.91. The van der Waals surface area contributed by atoms with Crippen LogP contribution in [0.25, 0.3) is 0 Å². The summed E-state index contributed by atoms with van der Waals surface area (Å²) in [7, 11) is 0. The Kier molecular flexibility index (Phi) is 8.81. The molecule has 13 atom stereocenters. The zero-order valence-corrected chi connectivity index (χ0v) is 25.5. The van der Waals surface area contributed by atoms with Crippen molar-refractivity contribution >= 4 is 0 Å². The first kappa shape index (κ1) is 30.4. The van der Waals surface area contributed by atoms with Gasteiger partial charge in [0.05, 0.1) is 12.7 Å². The molecule has 6 heteroatoms. The third kappa shape index (κ3) is 5.20. The normalized spacial score (nSPS) is 46.8. The maximum atomic E-state index is 10.5. The van der Waals surface area contributed by atoms with Crippen LogP contribution in [-0.2, 0) is 9.47 Å². The second-order valence-electron chi connectivity index (χ2n) is 14.7. The molecular weight excluding hydrogens is 504 g/mol. The van der Waals surface area contributed by atoms with Crippen LogP contribution >= 0.6 is 0 Å². The summed E-state index contributed by atoms with van der Waals surface area (Å²) in [6, 6.07) is 0. The van der Waals surface area contributed by atoms with E-state index in [2.05, 4.69) is 65.8 Å². The van der Waals surface area contributed by atoms with Gasteiger partial charge in [-0.15, -0.1) is 0 Å². The van der Waals surface area contributed by atoms with Crippen molar-refractivity contribution in [3.63, 3.8) is 0 Å². The van der Waals surface area contributed by atoms with Gasteiger partial charge in [0.2, 0.25) is 0 Å². The molecule has 4 aliphatic carbocycles. The van der Waals surface area contributed by atoms with Gasteiger partial charge in [-0.2, -0.15) is 0 Å². The zero-order chi connectivity index (χ0) is 29.0. The van der Waals surface area contributed by atoms with Gasteiger partial charge in [0.25, 0.3) is 0 Å². The molecule has 0 amide bonds. The Morgan fingerprint density at radius 3 is 2.45 bits per heavy atom. The minimum atomic E-state index is -1.40. The van der Waals surface area contributed by atoms with Crippen molar-refractivity contribution in [3.05, 3.63) is 35.5 Å². The van der Waals surface area contributed by atoms with Crippen LogP contribution in [0.1, 0.15) is 86.5 Å². The minimum absolute atomic E-state index is 0.0966. The van der Waals surface area contributed by atoms with Crippen molar-refractivity contribution in [1.29, 1.82) is 0 Å². The van der Waals surface area contributed by atoms with Crippen LogP contribution < -0.4 is 0 Å². The highest BCUT2D eigenvalue weighted by molar-refractivity contribution is 5.46. The Morgan fingerprint density at radius 2 is 1.75 bits per heavy atom. The number of aliphatic hydroxyl groups excluding tert-OH is 4. The molecule has 0 radical (unpaired) electrons. The van der Waals surface area contributed by atoms with Crippen LogP contribution in [0.2, 0.25) is 0 Å². The van der Waals surface area contributed by atoms with E-state index in [1.165, 1.54) is 12.8 Å². The molecule has 3 unspecified atom stereocenters. The highest BCUT2D eigenvalue weighted by atomic mass is 16.7. The van der Waals surface area contributed by atoms with Crippen LogP contribution in [0.5, 0.6) is 0 Å². The van der Waals surface area contributed by atoms with Crippen molar-refractivity contribution in [2.75, 3.05) is 6.61 Å². The lowest BCUT2D eigenvalue weighted by molar-refractivity contribution is -0.314. The van der Waals surface area contributed by atoms with Crippen LogP contribution in [0.15, 0.2) is 35.5 Å². The molecule has 3 fully saturated rings. The van der Waals surface area contributed by atoms with E-state index in [1.54, 1.807) is 11.1 Å². The predicted octanol–water partition coefficient (Wildman–Crippen LogP) is 5.16. The van der Waals surface area contributed by atoms with E-state index in [4.69, 9.17) is 9.47 Å². The summed E-state index contributed by atoms with van der Waals surface area (Å²) >= 11 is 0. The van der Waals surface area contributed by atoms with Crippen LogP contribution in [0, 0.1) is 46.3 Å². The molecule has 0 aromatic rings. The standard InChI is InChI=1S/C34H54O6/c1-19(2)20(3)7-8-21(4)25-11-12-26-24-10-9-22-17-23(13-15-33(22,5)27(24)14-16-34(25,26)6)39-32-31(38)30(37)29(36)28(18-35)40-32/h7-8,10,14,19-23,25-26,28-32,35-38H,9,11-13,15-18H2,1-6H3/b8-7+/t20-,21+,22?,23-,25?,26?,28+,29+,30-,31+,32+,33-,34+/m0/s1. The van der Waals surface area contributed by atoms with Gasteiger partial charge in [-0.1, -0.05) is 65.8 Å². The summed E-state index contributed by atoms with van der Waals surface area (Å²) < 4.78 is 11.9. The maximum absolute atomic E-state index is 10.5. The van der Waals surface area contributed by atoms with Crippen LogP contribution in [0.4, 0.5) is 0 Å². The Morgan fingerprint density at radius 1 is 1.00 bits per heavy atom. The number of rotatable bonds is 7. The van der Waals surface area contributed by atoms with Gasteiger partial charge in [-0.25, -0.2) is 0 Å².